The van der Waals surface area contributed by atoms with Crippen LogP contribution < -0.4 is 11.2 Å². The lowest BCUT2D eigenvalue weighted by Gasteiger charge is -2.17. The van der Waals surface area contributed by atoms with Gasteiger partial charge in [-0.3, -0.25) is 24.9 Å². The van der Waals surface area contributed by atoms with E-state index in [0.29, 0.717) is 12.2 Å². The van der Waals surface area contributed by atoms with Crippen molar-refractivity contribution in [1.29, 1.82) is 0 Å². The average molecular weight is 451 g/mol. The van der Waals surface area contributed by atoms with Gasteiger partial charge < -0.3 is 4.98 Å². The van der Waals surface area contributed by atoms with E-state index in [2.05, 4.69) is 19.9 Å². The Morgan fingerprint density at radius 3 is 2.27 bits per heavy atom. The van der Waals surface area contributed by atoms with Gasteiger partial charge in [0.2, 0.25) is 0 Å². The number of hydrogen-bond donors (Lipinski definition) is 3. The van der Waals surface area contributed by atoms with Crippen LogP contribution in [-0.2, 0) is 19.3 Å². The number of hydrogen-bond acceptors (Lipinski definition) is 5. The van der Waals surface area contributed by atoms with Gasteiger partial charge in [0.05, 0.1) is 4.92 Å². The number of imidazole rings is 1. The maximum absolute atomic E-state index is 13.3. The Hall–Kier alpha value is -4.08. The van der Waals surface area contributed by atoms with Crippen LogP contribution in [0.3, 0.4) is 0 Å². The fraction of sp³-hybridized carbons (Fsp3) is 0.261. The zero-order valence-corrected chi connectivity index (χ0v) is 17.6. The second-order valence-corrected chi connectivity index (χ2v) is 8.01. The minimum absolute atomic E-state index is 0.0551. The highest BCUT2D eigenvalue weighted by Gasteiger charge is 2.14. The average Bonchev–Trinajstić information content (AvgIpc) is 3.20. The predicted molar refractivity (Wildman–Crippen MR) is 121 cm³/mol. The number of H-pyrrole nitrogens is 3. The van der Waals surface area contributed by atoms with E-state index in [0.717, 1.165) is 36.8 Å². The van der Waals surface area contributed by atoms with Gasteiger partial charge >= 0.3 is 5.69 Å². The number of nitro groups is 1. The van der Waals surface area contributed by atoms with E-state index in [-0.39, 0.29) is 28.6 Å². The van der Waals surface area contributed by atoms with Gasteiger partial charge in [-0.2, -0.15) is 0 Å². The van der Waals surface area contributed by atoms with Gasteiger partial charge in [0.25, 0.3) is 11.2 Å². The first-order chi connectivity index (χ1) is 15.9. The fourth-order valence-corrected chi connectivity index (χ4v) is 3.90. The van der Waals surface area contributed by atoms with Crippen LogP contribution in [0.4, 0.5) is 10.1 Å². The van der Waals surface area contributed by atoms with Crippen molar-refractivity contribution in [2.75, 3.05) is 0 Å². The molecule has 3 N–H and O–H groups in total. The molecule has 9 nitrogen and oxygen atoms in total. The molecule has 0 saturated heterocycles. The molecule has 4 rings (SSSR count). The summed E-state index contributed by atoms with van der Waals surface area (Å²) in [6.45, 7) is 0. The third-order valence-electron chi connectivity index (χ3n) is 5.65. The zero-order valence-electron chi connectivity index (χ0n) is 17.6. The third kappa shape index (κ3) is 5.59. The van der Waals surface area contributed by atoms with Crippen molar-refractivity contribution >= 4 is 16.9 Å². The highest BCUT2D eigenvalue weighted by atomic mass is 19.1. The lowest BCUT2D eigenvalue weighted by Crippen LogP contribution is -2.21. The van der Waals surface area contributed by atoms with E-state index in [4.69, 9.17) is 0 Å². The molecule has 0 spiro atoms. The number of nitrogens with one attached hydrogen (secondary N) is 3. The SMILES string of the molecule is O=c1[nH]c(=O)c2[nH]c(CCC(CCc3ccc([N+](=O)[O-])cc3)Cc3ccc(F)cc3)nc2[nH]1. The molecule has 33 heavy (non-hydrogen) atoms. The van der Waals surface area contributed by atoms with Crippen molar-refractivity contribution in [2.45, 2.75) is 32.1 Å². The highest BCUT2D eigenvalue weighted by Crippen LogP contribution is 2.22. The van der Waals surface area contributed by atoms with Crippen LogP contribution in [0, 0.1) is 21.8 Å². The maximum atomic E-state index is 13.3. The molecule has 0 bridgehead atoms. The Balaban J connectivity index is 1.47. The van der Waals surface area contributed by atoms with Gasteiger partial charge in [0.1, 0.15) is 17.2 Å². The molecular weight excluding hydrogens is 429 g/mol. The largest absolute Gasteiger partial charge is 0.336 e. The Kier molecular flexibility index (Phi) is 6.43. The number of fused-ring (bicyclic) bond motifs is 1. The van der Waals surface area contributed by atoms with Crippen LogP contribution in [0.1, 0.15) is 29.8 Å². The summed E-state index contributed by atoms with van der Waals surface area (Å²) in [4.78, 5) is 45.8. The van der Waals surface area contributed by atoms with Crippen molar-refractivity contribution in [3.8, 4) is 0 Å². The van der Waals surface area contributed by atoms with Crippen LogP contribution >= 0.6 is 0 Å². The number of aromatic amines is 3. The lowest BCUT2D eigenvalue weighted by molar-refractivity contribution is -0.384. The monoisotopic (exact) mass is 451 g/mol. The van der Waals surface area contributed by atoms with E-state index >= 15 is 0 Å². The second-order valence-electron chi connectivity index (χ2n) is 8.01. The van der Waals surface area contributed by atoms with Crippen molar-refractivity contribution in [3.05, 3.63) is 102 Å². The molecule has 0 saturated carbocycles. The lowest BCUT2D eigenvalue weighted by atomic mass is 9.89. The summed E-state index contributed by atoms with van der Waals surface area (Å²) in [7, 11) is 0. The van der Waals surface area contributed by atoms with Crippen LogP contribution in [0.5, 0.6) is 0 Å². The van der Waals surface area contributed by atoms with Crippen molar-refractivity contribution in [3.63, 3.8) is 0 Å². The van der Waals surface area contributed by atoms with Crippen molar-refractivity contribution < 1.29 is 9.31 Å². The summed E-state index contributed by atoms with van der Waals surface area (Å²) in [5.74, 6) is 0.524. The minimum Gasteiger partial charge on any atom is -0.336 e. The second kappa shape index (κ2) is 9.60. The molecule has 0 aliphatic carbocycles. The van der Waals surface area contributed by atoms with E-state index in [9.17, 15) is 24.1 Å². The first kappa shape index (κ1) is 22.1. The smallest absolute Gasteiger partial charge is 0.327 e. The number of nitro benzene ring substituents is 1. The summed E-state index contributed by atoms with van der Waals surface area (Å²) in [6, 6.07) is 12.9. The van der Waals surface area contributed by atoms with Gasteiger partial charge in [0.15, 0.2) is 5.65 Å². The van der Waals surface area contributed by atoms with Gasteiger partial charge in [-0.05, 0) is 54.9 Å². The van der Waals surface area contributed by atoms with E-state index in [1.165, 1.54) is 24.3 Å². The quantitative estimate of drug-likeness (QED) is 0.264. The van der Waals surface area contributed by atoms with Crippen molar-refractivity contribution in [1.82, 2.24) is 19.9 Å². The number of nitrogens with zero attached hydrogens (tertiary/aromatic N) is 2. The number of halogens is 1. The van der Waals surface area contributed by atoms with E-state index in [1.807, 2.05) is 0 Å². The van der Waals surface area contributed by atoms with Gasteiger partial charge in [-0.1, -0.05) is 24.3 Å². The molecular formula is C23H22FN5O4. The summed E-state index contributed by atoms with van der Waals surface area (Å²) in [5, 5.41) is 10.9. The fourth-order valence-electron chi connectivity index (χ4n) is 3.90. The van der Waals surface area contributed by atoms with Crippen LogP contribution in [0.15, 0.2) is 58.1 Å². The van der Waals surface area contributed by atoms with Crippen molar-refractivity contribution in [2.24, 2.45) is 5.92 Å². The molecule has 0 fully saturated rings. The molecule has 0 amide bonds. The van der Waals surface area contributed by atoms with Gasteiger partial charge in [0, 0.05) is 18.6 Å². The maximum Gasteiger partial charge on any atom is 0.327 e. The van der Waals surface area contributed by atoms with Crippen LogP contribution in [0.2, 0.25) is 0 Å². The first-order valence-electron chi connectivity index (χ1n) is 10.6. The summed E-state index contributed by atoms with van der Waals surface area (Å²) in [6.07, 6.45) is 3.57. The minimum atomic E-state index is -0.608. The van der Waals surface area contributed by atoms with Gasteiger partial charge in [-0.25, -0.2) is 14.2 Å². The Bertz CT molecular complexity index is 1370. The van der Waals surface area contributed by atoms with E-state index in [1.54, 1.807) is 24.3 Å². The third-order valence-corrected chi connectivity index (χ3v) is 5.65. The van der Waals surface area contributed by atoms with Crippen LogP contribution in [0.25, 0.3) is 11.2 Å². The number of rotatable bonds is 9. The molecule has 10 heteroatoms. The van der Waals surface area contributed by atoms with E-state index < -0.39 is 16.2 Å². The Morgan fingerprint density at radius 1 is 0.909 bits per heavy atom. The molecule has 2 heterocycles. The molecule has 170 valence electrons. The molecule has 1 atom stereocenters. The number of aryl methyl sites for hydroxylation is 2. The number of non-ortho nitro benzene ring substituents is 1. The summed E-state index contributed by atoms with van der Waals surface area (Å²) < 4.78 is 13.3. The summed E-state index contributed by atoms with van der Waals surface area (Å²) in [5.41, 5.74) is 1.38. The van der Waals surface area contributed by atoms with Crippen LogP contribution in [-0.4, -0.2) is 24.9 Å². The zero-order chi connectivity index (χ0) is 23.4. The molecule has 0 aliphatic rings. The molecule has 0 aliphatic heterocycles. The number of aromatic nitrogens is 4. The van der Waals surface area contributed by atoms with Gasteiger partial charge in [-0.15, -0.1) is 0 Å². The molecule has 2 aromatic carbocycles. The highest BCUT2D eigenvalue weighted by molar-refractivity contribution is 5.68. The molecule has 2 aromatic heterocycles. The normalized spacial score (nSPS) is 12.2. The Labute approximate surface area is 186 Å². The molecule has 1 unspecified atom stereocenters. The summed E-state index contributed by atoms with van der Waals surface area (Å²) >= 11 is 0. The standard InChI is InChI=1S/C23H22FN5O4/c24-17-8-3-16(4-9-17)13-15(2-1-14-5-10-18(11-6-14)29(32)33)7-12-19-25-20-21(26-19)27-23(31)28-22(20)30/h3-6,8-11,15H,1-2,7,12-13H2,(H3,25,26,27,28,30,31). The number of benzene rings is 2. The molecule has 4 aromatic rings. The molecule has 0 radical (unpaired) electrons. The first-order valence-corrected chi connectivity index (χ1v) is 10.6. The predicted octanol–water partition coefficient (Wildman–Crippen LogP) is 3.41. The topological polar surface area (TPSA) is 138 Å². The Morgan fingerprint density at radius 2 is 1.58 bits per heavy atom.